The summed E-state index contributed by atoms with van der Waals surface area (Å²) in [6, 6.07) is 6.88. The van der Waals surface area contributed by atoms with Gasteiger partial charge in [-0.05, 0) is 37.1 Å². The first-order chi connectivity index (χ1) is 8.89. The van der Waals surface area contributed by atoms with Crippen molar-refractivity contribution in [1.82, 2.24) is 0 Å². The second kappa shape index (κ2) is 5.85. The Bertz CT molecular complexity index is 514. The van der Waals surface area contributed by atoms with Crippen molar-refractivity contribution in [3.63, 3.8) is 0 Å². The quantitative estimate of drug-likeness (QED) is 0.869. The number of hydrogen-bond acceptors (Lipinski definition) is 4. The zero-order chi connectivity index (χ0) is 13.9. The van der Waals surface area contributed by atoms with Gasteiger partial charge < -0.3 is 5.11 Å². The Kier molecular flexibility index (Phi) is 4.58. The molecule has 0 amide bonds. The SMILES string of the molecule is CS(=O)(=O)c1ccc(SCC2(O)CCCCC2)cc1. The van der Waals surface area contributed by atoms with Crippen molar-refractivity contribution in [2.45, 2.75) is 47.5 Å². The molecule has 3 nitrogen and oxygen atoms in total. The molecule has 0 radical (unpaired) electrons. The molecule has 106 valence electrons. The summed E-state index contributed by atoms with van der Waals surface area (Å²) in [6.07, 6.45) is 6.38. The molecule has 19 heavy (non-hydrogen) atoms. The standard InChI is InChI=1S/C14H20O3S2/c1-19(16,17)13-7-5-12(6-8-13)18-11-14(15)9-3-2-4-10-14/h5-8,15H,2-4,9-11H2,1H3. The molecule has 0 atom stereocenters. The van der Waals surface area contributed by atoms with Crippen LogP contribution in [-0.4, -0.2) is 31.1 Å². The van der Waals surface area contributed by atoms with Crippen molar-refractivity contribution in [3.05, 3.63) is 24.3 Å². The lowest BCUT2D eigenvalue weighted by Crippen LogP contribution is -2.33. The highest BCUT2D eigenvalue weighted by Gasteiger charge is 2.28. The molecule has 1 aliphatic carbocycles. The van der Waals surface area contributed by atoms with E-state index >= 15 is 0 Å². The third kappa shape index (κ3) is 4.23. The molecule has 1 aliphatic rings. The summed E-state index contributed by atoms with van der Waals surface area (Å²) in [5.41, 5.74) is -0.543. The fourth-order valence-corrected chi connectivity index (χ4v) is 4.04. The van der Waals surface area contributed by atoms with E-state index in [-0.39, 0.29) is 0 Å². The predicted molar refractivity (Wildman–Crippen MR) is 78.3 cm³/mol. The van der Waals surface area contributed by atoms with E-state index < -0.39 is 15.4 Å². The number of benzene rings is 1. The smallest absolute Gasteiger partial charge is 0.175 e. The molecule has 0 unspecified atom stereocenters. The van der Waals surface area contributed by atoms with Gasteiger partial charge in [0.15, 0.2) is 9.84 Å². The van der Waals surface area contributed by atoms with Crippen molar-refractivity contribution < 1.29 is 13.5 Å². The Hall–Kier alpha value is -0.520. The first kappa shape index (κ1) is 14.9. The van der Waals surface area contributed by atoms with Gasteiger partial charge in [-0.25, -0.2) is 8.42 Å². The maximum atomic E-state index is 11.4. The molecular weight excluding hydrogens is 280 g/mol. The van der Waals surface area contributed by atoms with Gasteiger partial charge in [-0.2, -0.15) is 0 Å². The lowest BCUT2D eigenvalue weighted by molar-refractivity contribution is 0.0273. The minimum absolute atomic E-state index is 0.341. The lowest BCUT2D eigenvalue weighted by atomic mass is 9.86. The van der Waals surface area contributed by atoms with Gasteiger partial charge in [-0.15, -0.1) is 11.8 Å². The Labute approximate surface area is 119 Å². The van der Waals surface area contributed by atoms with Crippen LogP contribution in [0.4, 0.5) is 0 Å². The average Bonchev–Trinajstić information content (AvgIpc) is 2.37. The third-order valence-corrected chi connectivity index (χ3v) is 5.96. The molecule has 1 aromatic carbocycles. The van der Waals surface area contributed by atoms with Gasteiger partial charge in [0.1, 0.15) is 0 Å². The first-order valence-corrected chi connectivity index (χ1v) is 9.42. The van der Waals surface area contributed by atoms with Crippen molar-refractivity contribution >= 4 is 21.6 Å². The second-order valence-corrected chi connectivity index (χ2v) is 8.38. The Balaban J connectivity index is 1.96. The normalized spacial score (nSPS) is 19.3. The van der Waals surface area contributed by atoms with Crippen LogP contribution < -0.4 is 0 Å². The summed E-state index contributed by atoms with van der Waals surface area (Å²) in [7, 11) is -3.13. The summed E-state index contributed by atoms with van der Waals surface area (Å²) in [5, 5.41) is 10.4. The van der Waals surface area contributed by atoms with Crippen molar-refractivity contribution in [3.8, 4) is 0 Å². The maximum Gasteiger partial charge on any atom is 0.175 e. The highest BCUT2D eigenvalue weighted by atomic mass is 32.2. The highest BCUT2D eigenvalue weighted by molar-refractivity contribution is 7.99. The summed E-state index contributed by atoms with van der Waals surface area (Å²) in [5.74, 6) is 0.686. The number of thioether (sulfide) groups is 1. The molecule has 0 aliphatic heterocycles. The average molecular weight is 300 g/mol. The molecule has 1 saturated carbocycles. The second-order valence-electron chi connectivity index (χ2n) is 5.32. The molecule has 0 saturated heterocycles. The summed E-state index contributed by atoms with van der Waals surface area (Å²) < 4.78 is 22.7. The number of hydrogen-bond donors (Lipinski definition) is 1. The third-order valence-electron chi connectivity index (χ3n) is 3.54. The van der Waals surface area contributed by atoms with E-state index in [0.717, 1.165) is 30.6 Å². The topological polar surface area (TPSA) is 54.4 Å². The van der Waals surface area contributed by atoms with Gasteiger partial charge in [0.05, 0.1) is 10.5 Å². The minimum Gasteiger partial charge on any atom is -0.389 e. The van der Waals surface area contributed by atoms with E-state index in [1.807, 2.05) is 12.1 Å². The van der Waals surface area contributed by atoms with Crippen LogP contribution in [0.15, 0.2) is 34.1 Å². The lowest BCUT2D eigenvalue weighted by Gasteiger charge is -2.31. The largest absolute Gasteiger partial charge is 0.389 e. The number of sulfone groups is 1. The molecular formula is C14H20O3S2. The van der Waals surface area contributed by atoms with E-state index in [1.165, 1.54) is 12.7 Å². The molecule has 1 aromatic rings. The van der Waals surface area contributed by atoms with E-state index in [9.17, 15) is 13.5 Å². The highest BCUT2D eigenvalue weighted by Crippen LogP contribution is 2.33. The van der Waals surface area contributed by atoms with Crippen molar-refractivity contribution in [2.75, 3.05) is 12.0 Å². The zero-order valence-electron chi connectivity index (χ0n) is 11.1. The summed E-state index contributed by atoms with van der Waals surface area (Å²) >= 11 is 1.60. The fourth-order valence-electron chi connectivity index (χ4n) is 2.35. The van der Waals surface area contributed by atoms with E-state index in [0.29, 0.717) is 10.6 Å². The van der Waals surface area contributed by atoms with Gasteiger partial charge >= 0.3 is 0 Å². The molecule has 0 spiro atoms. The van der Waals surface area contributed by atoms with Crippen LogP contribution in [0.5, 0.6) is 0 Å². The van der Waals surface area contributed by atoms with Gasteiger partial charge in [0, 0.05) is 16.9 Å². The van der Waals surface area contributed by atoms with E-state index in [4.69, 9.17) is 0 Å². The van der Waals surface area contributed by atoms with Crippen LogP contribution in [0.25, 0.3) is 0 Å². The Morgan fingerprint density at radius 1 is 1.16 bits per heavy atom. The molecule has 5 heteroatoms. The van der Waals surface area contributed by atoms with Gasteiger partial charge in [-0.1, -0.05) is 19.3 Å². The Morgan fingerprint density at radius 3 is 2.26 bits per heavy atom. The number of rotatable bonds is 4. The van der Waals surface area contributed by atoms with Crippen LogP contribution in [0.1, 0.15) is 32.1 Å². The van der Waals surface area contributed by atoms with Crippen LogP contribution in [-0.2, 0) is 9.84 Å². The molecule has 1 fully saturated rings. The first-order valence-electron chi connectivity index (χ1n) is 6.54. The molecule has 0 heterocycles. The Morgan fingerprint density at radius 2 is 1.74 bits per heavy atom. The van der Waals surface area contributed by atoms with Crippen molar-refractivity contribution in [2.24, 2.45) is 0 Å². The van der Waals surface area contributed by atoms with Gasteiger partial charge in [-0.3, -0.25) is 0 Å². The van der Waals surface area contributed by atoms with E-state index in [2.05, 4.69) is 0 Å². The monoisotopic (exact) mass is 300 g/mol. The van der Waals surface area contributed by atoms with E-state index in [1.54, 1.807) is 23.9 Å². The van der Waals surface area contributed by atoms with Gasteiger partial charge in [0.2, 0.25) is 0 Å². The van der Waals surface area contributed by atoms with Crippen LogP contribution in [0.3, 0.4) is 0 Å². The van der Waals surface area contributed by atoms with Crippen molar-refractivity contribution in [1.29, 1.82) is 0 Å². The van der Waals surface area contributed by atoms with Gasteiger partial charge in [0.25, 0.3) is 0 Å². The number of aliphatic hydroxyl groups is 1. The fraction of sp³-hybridized carbons (Fsp3) is 0.571. The molecule has 1 N–H and O–H groups in total. The minimum atomic E-state index is -3.13. The summed E-state index contributed by atoms with van der Waals surface area (Å²) in [4.78, 5) is 1.35. The predicted octanol–water partition coefficient (Wildman–Crippen LogP) is 2.88. The summed E-state index contributed by atoms with van der Waals surface area (Å²) in [6.45, 7) is 0. The molecule has 2 rings (SSSR count). The zero-order valence-corrected chi connectivity index (χ0v) is 12.8. The van der Waals surface area contributed by atoms with Crippen LogP contribution >= 0.6 is 11.8 Å². The maximum absolute atomic E-state index is 11.4. The van der Waals surface area contributed by atoms with Crippen LogP contribution in [0.2, 0.25) is 0 Å². The molecule has 0 aromatic heterocycles. The van der Waals surface area contributed by atoms with Crippen LogP contribution in [0, 0.1) is 0 Å². The molecule has 0 bridgehead atoms.